The molecule has 4 aromatic rings. The summed E-state index contributed by atoms with van der Waals surface area (Å²) in [7, 11) is -3.93. The number of phosphoric acid groups is 1. The average molecular weight is 655 g/mol. The summed E-state index contributed by atoms with van der Waals surface area (Å²) >= 11 is 0. The van der Waals surface area contributed by atoms with Crippen LogP contribution in [0.5, 0.6) is 0 Å². The molecule has 3 aliphatic rings. The second-order valence-corrected chi connectivity index (χ2v) is 13.0. The Balaban J connectivity index is 1.20. The summed E-state index contributed by atoms with van der Waals surface area (Å²) in [5.74, 6) is 0.0167. The number of pyridine rings is 1. The number of nitrogens with zero attached hydrogens (tertiary/aromatic N) is 7. The van der Waals surface area contributed by atoms with Gasteiger partial charge in [0.05, 0.1) is 31.6 Å². The van der Waals surface area contributed by atoms with Gasteiger partial charge in [0.2, 0.25) is 7.57 Å². The highest BCUT2D eigenvalue weighted by molar-refractivity contribution is 7.79. The molecule has 0 amide bonds. The molecule has 4 aromatic heterocycles. The Kier molecular flexibility index (Phi) is 7.23. The van der Waals surface area contributed by atoms with Gasteiger partial charge in [-0.25, -0.2) is 38.3 Å². The first-order valence-electron chi connectivity index (χ1n) is 12.9. The maximum Gasteiger partial charge on any atom is 0.472 e. The predicted molar refractivity (Wildman–Crippen MR) is 144 cm³/mol. The summed E-state index contributed by atoms with van der Waals surface area (Å²) in [5, 5.41) is 0. The fourth-order valence-electron chi connectivity index (χ4n) is 5.27. The van der Waals surface area contributed by atoms with Crippen LogP contribution < -0.4 is 11.5 Å². The van der Waals surface area contributed by atoms with Crippen molar-refractivity contribution in [2.75, 3.05) is 24.7 Å². The van der Waals surface area contributed by atoms with Gasteiger partial charge in [-0.3, -0.25) is 22.7 Å². The SMILES string of the molecule is [B]P1(=O)OC[C@H]2O[C@@H](n3cnc4c(N)ncnc43)[C@H](F)[C@@H]2OP(=O)(O)OC[C@H]2O[C@@H](n3cnc4c(N)ccnc43)[C@H](O1)[C@@H]2F. The molecule has 7 heterocycles. The molecule has 18 nitrogen and oxygen atoms in total. The molecule has 2 radical (unpaired) electrons. The van der Waals surface area contributed by atoms with Crippen LogP contribution >= 0.6 is 15.3 Å². The van der Waals surface area contributed by atoms with Crippen LogP contribution in [-0.2, 0) is 36.7 Å². The van der Waals surface area contributed by atoms with Gasteiger partial charge in [0.25, 0.3) is 7.47 Å². The number of rotatable bonds is 2. The molecule has 3 aliphatic heterocycles. The molecule has 5 N–H and O–H groups in total. The molecular weight excluding hydrogens is 633 g/mol. The minimum Gasteiger partial charge on any atom is -0.397 e. The van der Waals surface area contributed by atoms with Crippen molar-refractivity contribution in [1.82, 2.24) is 34.1 Å². The molecule has 2 bridgehead atoms. The van der Waals surface area contributed by atoms with E-state index in [2.05, 4.69) is 24.9 Å². The summed E-state index contributed by atoms with van der Waals surface area (Å²) < 4.78 is 92.8. The van der Waals surface area contributed by atoms with Crippen LogP contribution in [0.1, 0.15) is 12.5 Å². The number of hydrogen-bond acceptors (Lipinski definition) is 15. The van der Waals surface area contributed by atoms with E-state index in [4.69, 9.17) is 46.6 Å². The number of imidazole rings is 2. The van der Waals surface area contributed by atoms with Crippen LogP contribution in [0.3, 0.4) is 0 Å². The maximum atomic E-state index is 15.9. The third-order valence-electron chi connectivity index (χ3n) is 7.30. The Morgan fingerprint density at radius 2 is 1.55 bits per heavy atom. The number of alkyl halides is 2. The zero-order chi connectivity index (χ0) is 31.0. The second-order valence-electron chi connectivity index (χ2n) is 10.1. The summed E-state index contributed by atoms with van der Waals surface area (Å²) in [6.07, 6.45) is -8.94. The zero-order valence-electron chi connectivity index (χ0n) is 22.1. The van der Waals surface area contributed by atoms with Gasteiger partial charge in [-0.05, 0) is 6.07 Å². The van der Waals surface area contributed by atoms with Gasteiger partial charge in [-0.1, -0.05) is 0 Å². The number of anilines is 2. The molecule has 2 unspecified atom stereocenters. The zero-order valence-corrected chi connectivity index (χ0v) is 23.9. The first-order chi connectivity index (χ1) is 20.9. The number of nitrogens with two attached hydrogens (primary N) is 2. The summed E-state index contributed by atoms with van der Waals surface area (Å²) in [5.41, 5.74) is 12.7. The number of aromatic nitrogens is 7. The Bertz CT molecular complexity index is 1840. The highest BCUT2D eigenvalue weighted by Gasteiger charge is 2.54. The molecule has 44 heavy (non-hydrogen) atoms. The monoisotopic (exact) mass is 655 g/mol. The smallest absolute Gasteiger partial charge is 0.397 e. The van der Waals surface area contributed by atoms with E-state index >= 15 is 8.78 Å². The van der Waals surface area contributed by atoms with Gasteiger partial charge in [0.1, 0.15) is 41.8 Å². The summed E-state index contributed by atoms with van der Waals surface area (Å²) in [4.78, 5) is 30.8. The van der Waals surface area contributed by atoms with E-state index in [0.29, 0.717) is 0 Å². The molecule has 0 aliphatic carbocycles. The van der Waals surface area contributed by atoms with Gasteiger partial charge in [0, 0.05) is 6.20 Å². The molecular formula is C21H22BF2N9O9P2. The number of fused-ring (bicyclic) bond motifs is 5. The molecule has 232 valence electrons. The topological polar surface area (TPSA) is 236 Å². The second kappa shape index (κ2) is 10.7. The fraction of sp³-hybridized carbons (Fsp3) is 0.476. The highest BCUT2D eigenvalue weighted by Crippen LogP contribution is 2.54. The number of halogens is 2. The molecule has 0 aromatic carbocycles. The lowest BCUT2D eigenvalue weighted by molar-refractivity contribution is -0.0613. The molecule has 23 heteroatoms. The number of ether oxygens (including phenoxy) is 2. The minimum absolute atomic E-state index is 0.0167. The molecule has 7 rings (SSSR count). The lowest BCUT2D eigenvalue weighted by atomic mass is 10.1. The summed E-state index contributed by atoms with van der Waals surface area (Å²) in [6, 6.07) is 1.50. The number of nitrogen functional groups attached to an aromatic ring is 2. The molecule has 10 atom stereocenters. The van der Waals surface area contributed by atoms with E-state index in [1.54, 1.807) is 0 Å². The van der Waals surface area contributed by atoms with E-state index < -0.39 is 77.7 Å². The van der Waals surface area contributed by atoms with Crippen LogP contribution in [0.15, 0.2) is 31.2 Å². The van der Waals surface area contributed by atoms with Crippen LogP contribution in [0.25, 0.3) is 22.3 Å². The van der Waals surface area contributed by atoms with Gasteiger partial charge >= 0.3 is 7.82 Å². The van der Waals surface area contributed by atoms with E-state index in [0.717, 1.165) is 6.33 Å². The number of hydrogen-bond donors (Lipinski definition) is 3. The Morgan fingerprint density at radius 1 is 0.864 bits per heavy atom. The molecule has 3 fully saturated rings. The van der Waals surface area contributed by atoms with Crippen molar-refractivity contribution in [1.29, 1.82) is 0 Å². The van der Waals surface area contributed by atoms with Gasteiger partial charge < -0.3 is 34.9 Å². The lowest BCUT2D eigenvalue weighted by Gasteiger charge is -2.27. The predicted octanol–water partition coefficient (Wildman–Crippen LogP) is 1.10. The number of phosphoric ester groups is 1. The van der Waals surface area contributed by atoms with E-state index in [1.807, 2.05) is 0 Å². The van der Waals surface area contributed by atoms with Gasteiger partial charge in [-0.15, -0.1) is 0 Å². The first kappa shape index (κ1) is 29.6. The molecule has 3 saturated heterocycles. The van der Waals surface area contributed by atoms with Gasteiger partial charge in [0.15, 0.2) is 41.9 Å². The third kappa shape index (κ3) is 5.07. The van der Waals surface area contributed by atoms with E-state index in [1.165, 1.54) is 34.1 Å². The van der Waals surface area contributed by atoms with Crippen LogP contribution in [0.4, 0.5) is 20.3 Å². The average Bonchev–Trinajstić information content (AvgIpc) is 3.73. The highest BCUT2D eigenvalue weighted by atomic mass is 31.2. The van der Waals surface area contributed by atoms with Crippen molar-refractivity contribution in [3.05, 3.63) is 31.2 Å². The Morgan fingerprint density at radius 3 is 2.34 bits per heavy atom. The van der Waals surface area contributed by atoms with Crippen LogP contribution in [-0.4, -0.2) is 96.5 Å². The van der Waals surface area contributed by atoms with Crippen molar-refractivity contribution in [3.8, 4) is 0 Å². The van der Waals surface area contributed by atoms with Crippen LogP contribution in [0.2, 0.25) is 0 Å². The van der Waals surface area contributed by atoms with Crippen molar-refractivity contribution in [2.24, 2.45) is 0 Å². The molecule has 0 saturated carbocycles. The quantitative estimate of drug-likeness (QED) is 0.202. The normalized spacial score (nSPS) is 38.2. The maximum absolute atomic E-state index is 15.9. The first-order valence-corrected chi connectivity index (χ1v) is 16.0. The molecule has 0 spiro atoms. The van der Waals surface area contributed by atoms with Crippen molar-refractivity contribution >= 4 is 56.7 Å². The Hall–Kier alpha value is -3.13. The summed E-state index contributed by atoms with van der Waals surface area (Å²) in [6.45, 7) is -1.66. The van der Waals surface area contributed by atoms with Crippen LogP contribution in [0, 0.1) is 0 Å². The fourth-order valence-corrected chi connectivity index (χ4v) is 7.20. The third-order valence-corrected chi connectivity index (χ3v) is 9.33. The van der Waals surface area contributed by atoms with E-state index in [-0.39, 0.29) is 33.8 Å². The van der Waals surface area contributed by atoms with Crippen molar-refractivity contribution < 1.29 is 50.4 Å². The van der Waals surface area contributed by atoms with Crippen molar-refractivity contribution in [2.45, 2.75) is 49.2 Å². The standard InChI is InChI=1S/C21H22BF2N9O9P2/c22-43(34)37-4-10-15(12(24)20(40-10)32-7-31-14-17(26)28-5-29-19(14)32)42-44(35,36)38-3-9-11(23)16(41-43)21(39-9)33-6-30-13-8(25)1-2-27-18(13)33/h1-2,5-7,9-12,15-16,20-21H,3-4H2,(H2,25,27)(H,35,36)(H2,26,28,29)/t9-,10-,11-,12-,15-,16-,20-,21-,43?/m1/s1. The van der Waals surface area contributed by atoms with Gasteiger partial charge in [-0.2, -0.15) is 0 Å². The van der Waals surface area contributed by atoms with Crippen molar-refractivity contribution in [3.63, 3.8) is 0 Å². The Labute approximate surface area is 246 Å². The minimum atomic E-state index is -5.12. The largest absolute Gasteiger partial charge is 0.472 e. The lowest BCUT2D eigenvalue weighted by Crippen LogP contribution is -2.34. The van der Waals surface area contributed by atoms with E-state index in [9.17, 15) is 14.0 Å².